The molecule has 110 valence electrons. The van der Waals surface area contributed by atoms with E-state index in [0.29, 0.717) is 10.7 Å². The van der Waals surface area contributed by atoms with Crippen molar-refractivity contribution in [3.63, 3.8) is 0 Å². The molecule has 0 atom stereocenters. The molecular weight excluding hydrogens is 293 g/mol. The fourth-order valence-corrected chi connectivity index (χ4v) is 1.58. The van der Waals surface area contributed by atoms with Gasteiger partial charge in [-0.05, 0) is 24.3 Å². The summed E-state index contributed by atoms with van der Waals surface area (Å²) in [5, 5.41) is 21.5. The summed E-state index contributed by atoms with van der Waals surface area (Å²) in [6, 6.07) is 4.03. The zero-order valence-electron chi connectivity index (χ0n) is 10.1. The molecule has 0 bridgehead atoms. The van der Waals surface area contributed by atoms with E-state index < -0.39 is 34.7 Å². The van der Waals surface area contributed by atoms with Gasteiger partial charge in [-0.2, -0.15) is 23.0 Å². The highest BCUT2D eigenvalue weighted by Crippen LogP contribution is 2.29. The molecule has 0 amide bonds. The number of halogens is 3. The number of rotatable bonds is 2. The van der Waals surface area contributed by atoms with Crippen LogP contribution in [0.2, 0.25) is 0 Å². The normalized spacial score (nSPS) is 11.4. The molecule has 9 heteroatoms. The van der Waals surface area contributed by atoms with Crippen molar-refractivity contribution in [3.05, 3.63) is 51.9 Å². The molecule has 0 saturated carbocycles. The number of benzene rings is 1. The second-order valence-corrected chi connectivity index (χ2v) is 3.98. The molecular formula is C12H7F3N2O4. The number of aromatic carboxylic acids is 1. The lowest BCUT2D eigenvalue weighted by Crippen LogP contribution is -2.23. The highest BCUT2D eigenvalue weighted by atomic mass is 19.4. The third-order valence-electron chi connectivity index (χ3n) is 2.55. The molecule has 0 unspecified atom stereocenters. The van der Waals surface area contributed by atoms with Crippen molar-refractivity contribution >= 4 is 5.97 Å². The largest absolute Gasteiger partial charge is 0.505 e. The number of alkyl halides is 3. The van der Waals surface area contributed by atoms with E-state index in [2.05, 4.69) is 5.10 Å². The van der Waals surface area contributed by atoms with Crippen molar-refractivity contribution in [2.75, 3.05) is 0 Å². The van der Waals surface area contributed by atoms with Crippen LogP contribution in [0.1, 0.15) is 16.1 Å². The Bertz CT molecular complexity index is 751. The lowest BCUT2D eigenvalue weighted by atomic mass is 10.2. The molecule has 0 radical (unpaired) electrons. The molecule has 1 aromatic carbocycles. The number of aromatic nitrogens is 2. The van der Waals surface area contributed by atoms with Crippen LogP contribution in [0, 0.1) is 0 Å². The summed E-state index contributed by atoms with van der Waals surface area (Å²) in [7, 11) is 0. The Morgan fingerprint density at radius 2 is 1.76 bits per heavy atom. The first kappa shape index (κ1) is 14.6. The van der Waals surface area contributed by atoms with Crippen LogP contribution in [-0.4, -0.2) is 26.0 Å². The van der Waals surface area contributed by atoms with E-state index in [4.69, 9.17) is 5.11 Å². The molecule has 0 saturated heterocycles. The van der Waals surface area contributed by atoms with Gasteiger partial charge in [-0.3, -0.25) is 4.79 Å². The third-order valence-corrected chi connectivity index (χ3v) is 2.55. The van der Waals surface area contributed by atoms with Crippen LogP contribution < -0.4 is 5.56 Å². The minimum Gasteiger partial charge on any atom is -0.505 e. The van der Waals surface area contributed by atoms with Crippen LogP contribution >= 0.6 is 0 Å². The van der Waals surface area contributed by atoms with Crippen molar-refractivity contribution in [1.29, 1.82) is 0 Å². The van der Waals surface area contributed by atoms with Crippen LogP contribution in [0.5, 0.6) is 5.75 Å². The predicted octanol–water partition coefficient (Wildman–Crippen LogP) is 1.66. The second-order valence-electron chi connectivity index (χ2n) is 3.98. The van der Waals surface area contributed by atoms with E-state index in [1.807, 2.05) is 0 Å². The van der Waals surface area contributed by atoms with Gasteiger partial charge >= 0.3 is 12.1 Å². The molecule has 0 fully saturated rings. The topological polar surface area (TPSA) is 92.4 Å². The van der Waals surface area contributed by atoms with Crippen molar-refractivity contribution in [1.82, 2.24) is 9.78 Å². The van der Waals surface area contributed by atoms with Gasteiger partial charge in [0.05, 0.1) is 11.3 Å². The Morgan fingerprint density at radius 1 is 1.19 bits per heavy atom. The monoisotopic (exact) mass is 300 g/mol. The van der Waals surface area contributed by atoms with E-state index >= 15 is 0 Å². The number of nitrogens with zero attached hydrogens (tertiary/aromatic N) is 2. The van der Waals surface area contributed by atoms with Gasteiger partial charge in [0.1, 0.15) is 0 Å². The zero-order valence-corrected chi connectivity index (χ0v) is 10.1. The fourth-order valence-electron chi connectivity index (χ4n) is 1.58. The molecule has 0 aliphatic carbocycles. The van der Waals surface area contributed by atoms with Gasteiger partial charge < -0.3 is 10.2 Å². The minimum atomic E-state index is -4.53. The van der Waals surface area contributed by atoms with E-state index in [0.717, 1.165) is 24.3 Å². The van der Waals surface area contributed by atoms with Crippen LogP contribution in [0.15, 0.2) is 35.1 Å². The van der Waals surface area contributed by atoms with Gasteiger partial charge in [0.2, 0.25) is 5.69 Å². The van der Waals surface area contributed by atoms with E-state index in [-0.39, 0.29) is 5.69 Å². The molecule has 1 heterocycles. The van der Waals surface area contributed by atoms with Crippen LogP contribution in [0.3, 0.4) is 0 Å². The summed E-state index contributed by atoms with van der Waals surface area (Å²) in [5.74, 6) is -2.40. The van der Waals surface area contributed by atoms with Gasteiger partial charge in [-0.15, -0.1) is 0 Å². The Morgan fingerprint density at radius 3 is 2.24 bits per heavy atom. The highest BCUT2D eigenvalue weighted by molar-refractivity contribution is 5.88. The SMILES string of the molecule is O=C(O)c1nn(-c2ccc(C(F)(F)F)cc2)c(=O)cc1O. The van der Waals surface area contributed by atoms with Crippen LogP contribution in [-0.2, 0) is 6.18 Å². The van der Waals surface area contributed by atoms with E-state index in [1.54, 1.807) is 0 Å². The van der Waals surface area contributed by atoms with Crippen molar-refractivity contribution in [2.24, 2.45) is 0 Å². The maximum absolute atomic E-state index is 12.4. The lowest BCUT2D eigenvalue weighted by molar-refractivity contribution is -0.137. The molecule has 2 N–H and O–H groups in total. The molecule has 1 aromatic heterocycles. The van der Waals surface area contributed by atoms with Gasteiger partial charge in [-0.25, -0.2) is 4.79 Å². The molecule has 2 aromatic rings. The average Bonchev–Trinajstić information content (AvgIpc) is 2.37. The summed E-state index contributed by atoms with van der Waals surface area (Å²) >= 11 is 0. The number of carboxylic acid groups (broad SMARTS) is 1. The van der Waals surface area contributed by atoms with E-state index in [9.17, 15) is 27.9 Å². The summed E-state index contributed by atoms with van der Waals surface area (Å²) in [6.45, 7) is 0. The predicted molar refractivity (Wildman–Crippen MR) is 63.5 cm³/mol. The van der Waals surface area contributed by atoms with Crippen molar-refractivity contribution in [3.8, 4) is 11.4 Å². The molecule has 0 aliphatic heterocycles. The zero-order chi connectivity index (χ0) is 15.8. The summed E-state index contributed by atoms with van der Waals surface area (Å²) in [5.41, 5.74) is -2.64. The van der Waals surface area contributed by atoms with Gasteiger partial charge in [0, 0.05) is 6.07 Å². The van der Waals surface area contributed by atoms with Crippen LogP contribution in [0.25, 0.3) is 5.69 Å². The standard InChI is InChI=1S/C12H7F3N2O4/c13-12(14,15)6-1-3-7(4-2-6)17-9(19)5-8(18)10(16-17)11(20)21/h1-5,18H,(H,20,21). The Hall–Kier alpha value is -2.84. The number of carboxylic acids is 1. The second kappa shape index (κ2) is 4.93. The van der Waals surface area contributed by atoms with E-state index in [1.165, 1.54) is 0 Å². The summed E-state index contributed by atoms with van der Waals surface area (Å²) in [4.78, 5) is 22.4. The van der Waals surface area contributed by atoms with Gasteiger partial charge in [0.15, 0.2) is 5.75 Å². The Kier molecular flexibility index (Phi) is 3.42. The summed E-state index contributed by atoms with van der Waals surface area (Å²) < 4.78 is 37.9. The highest BCUT2D eigenvalue weighted by Gasteiger charge is 2.30. The van der Waals surface area contributed by atoms with Crippen molar-refractivity contribution < 1.29 is 28.2 Å². The maximum atomic E-state index is 12.4. The number of carbonyl (C=O) groups is 1. The molecule has 6 nitrogen and oxygen atoms in total. The lowest BCUT2D eigenvalue weighted by Gasteiger charge is -2.09. The number of aromatic hydroxyl groups is 1. The molecule has 2 rings (SSSR count). The third kappa shape index (κ3) is 2.86. The first-order valence-electron chi connectivity index (χ1n) is 5.44. The molecule has 21 heavy (non-hydrogen) atoms. The smallest absolute Gasteiger partial charge is 0.416 e. The minimum absolute atomic E-state index is 0.0597. The summed E-state index contributed by atoms with van der Waals surface area (Å²) in [6.07, 6.45) is -4.53. The number of hydrogen-bond acceptors (Lipinski definition) is 4. The fraction of sp³-hybridized carbons (Fsp3) is 0.0833. The Labute approximate surface area is 114 Å². The number of hydrogen-bond donors (Lipinski definition) is 2. The van der Waals surface area contributed by atoms with Crippen LogP contribution in [0.4, 0.5) is 13.2 Å². The Balaban J connectivity index is 2.54. The molecule has 0 aliphatic rings. The van der Waals surface area contributed by atoms with Gasteiger partial charge in [0.25, 0.3) is 5.56 Å². The maximum Gasteiger partial charge on any atom is 0.416 e. The quantitative estimate of drug-likeness (QED) is 0.880. The van der Waals surface area contributed by atoms with Gasteiger partial charge in [-0.1, -0.05) is 0 Å². The first-order chi connectivity index (χ1) is 9.70. The average molecular weight is 300 g/mol. The molecule has 0 spiro atoms. The first-order valence-corrected chi connectivity index (χ1v) is 5.44. The van der Waals surface area contributed by atoms with Crippen molar-refractivity contribution in [2.45, 2.75) is 6.18 Å².